The summed E-state index contributed by atoms with van der Waals surface area (Å²) in [5.41, 5.74) is 0.661. The summed E-state index contributed by atoms with van der Waals surface area (Å²) in [4.78, 5) is 65.4. The largest absolute Gasteiger partial charge is 0.466 e. The zero-order chi connectivity index (χ0) is 37.4. The Hall–Kier alpha value is -4.76. The highest BCUT2D eigenvalue weighted by atomic mass is 35.5. The predicted octanol–water partition coefficient (Wildman–Crippen LogP) is 4.57. The van der Waals surface area contributed by atoms with Gasteiger partial charge in [-0.05, 0) is 75.4 Å². The lowest BCUT2D eigenvalue weighted by atomic mass is 10.1. The highest BCUT2D eigenvalue weighted by Gasteiger charge is 2.30. The Morgan fingerprint density at radius 3 is 2.25 bits per heavy atom. The second-order valence-corrected chi connectivity index (χ2v) is 13.1. The summed E-state index contributed by atoms with van der Waals surface area (Å²) in [5.74, 6) is -1.85. The molecule has 0 saturated heterocycles. The summed E-state index contributed by atoms with van der Waals surface area (Å²) in [7, 11) is 0. The summed E-state index contributed by atoms with van der Waals surface area (Å²) >= 11 is 12.5. The first-order valence-corrected chi connectivity index (χ1v) is 17.1. The Labute approximate surface area is 306 Å². The number of unbranched alkanes of at least 4 members (excludes halogenated alkanes) is 1. The van der Waals surface area contributed by atoms with E-state index in [4.69, 9.17) is 37.4 Å². The van der Waals surface area contributed by atoms with Crippen molar-refractivity contribution in [3.8, 4) is 0 Å². The number of hydrogen-bond acceptors (Lipinski definition) is 11. The monoisotopic (exact) mass is 747 g/mol. The van der Waals surface area contributed by atoms with Crippen molar-refractivity contribution in [2.45, 2.75) is 90.6 Å². The fraction of sp³-hybridized carbons (Fsp3) is 0.471. The molecule has 3 aromatic rings. The third-order valence-electron chi connectivity index (χ3n) is 6.98. The van der Waals surface area contributed by atoms with Gasteiger partial charge in [0.25, 0.3) is 0 Å². The van der Waals surface area contributed by atoms with E-state index in [1.54, 1.807) is 70.2 Å². The van der Waals surface area contributed by atoms with E-state index in [-0.39, 0.29) is 38.4 Å². The Balaban J connectivity index is 1.69. The van der Waals surface area contributed by atoms with Crippen LogP contribution in [0.4, 0.5) is 9.59 Å². The Morgan fingerprint density at radius 1 is 0.882 bits per heavy atom. The molecule has 0 aliphatic carbocycles. The molecule has 0 saturated carbocycles. The number of carbonyl (C=O) groups is 5. The van der Waals surface area contributed by atoms with Crippen molar-refractivity contribution >= 4 is 53.0 Å². The number of halogens is 2. The molecule has 2 atom stereocenters. The van der Waals surface area contributed by atoms with Crippen molar-refractivity contribution in [1.29, 1.82) is 0 Å². The molecule has 3 rings (SSSR count). The third-order valence-corrected chi connectivity index (χ3v) is 7.69. The van der Waals surface area contributed by atoms with Crippen LogP contribution in [0, 0.1) is 0 Å². The van der Waals surface area contributed by atoms with Crippen molar-refractivity contribution < 1.29 is 38.2 Å². The topological polar surface area (TPSA) is 193 Å². The Kier molecular flexibility index (Phi) is 16.1. The highest BCUT2D eigenvalue weighted by Crippen LogP contribution is 2.25. The number of rotatable bonds is 18. The van der Waals surface area contributed by atoms with Gasteiger partial charge in [-0.25, -0.2) is 9.59 Å². The Bertz CT molecular complexity index is 1610. The minimum absolute atomic E-state index is 0.0413. The van der Waals surface area contributed by atoms with Crippen LogP contribution in [0.25, 0.3) is 0 Å². The van der Waals surface area contributed by atoms with Gasteiger partial charge in [0.15, 0.2) is 11.6 Å². The van der Waals surface area contributed by atoms with E-state index in [2.05, 4.69) is 31.4 Å². The molecule has 1 heterocycles. The molecule has 3 N–H and O–H groups in total. The van der Waals surface area contributed by atoms with Crippen molar-refractivity contribution in [3.63, 3.8) is 0 Å². The van der Waals surface area contributed by atoms with Gasteiger partial charge >= 0.3 is 18.2 Å². The van der Waals surface area contributed by atoms with Crippen LogP contribution in [0.1, 0.15) is 70.3 Å². The smallest absolute Gasteiger partial charge is 0.408 e. The number of ketones is 1. The molecule has 2 aromatic carbocycles. The molecule has 0 bridgehead atoms. The molecule has 2 unspecified atom stereocenters. The molecule has 276 valence electrons. The number of ether oxygens (including phenoxy) is 3. The number of alkyl carbamates (subject to hydrolysis) is 2. The van der Waals surface area contributed by atoms with Crippen molar-refractivity contribution in [2.24, 2.45) is 0 Å². The number of nitrogens with zero attached hydrogens (tertiary/aromatic N) is 4. The normalized spacial score (nSPS) is 12.3. The minimum Gasteiger partial charge on any atom is -0.466 e. The van der Waals surface area contributed by atoms with Crippen molar-refractivity contribution in [3.05, 3.63) is 75.5 Å². The fourth-order valence-electron chi connectivity index (χ4n) is 4.58. The second-order valence-electron chi connectivity index (χ2n) is 12.3. The van der Waals surface area contributed by atoms with Gasteiger partial charge in [0.2, 0.25) is 5.91 Å². The number of hydrogen-bond donors (Lipinski definition) is 3. The molecular weight excluding hydrogens is 705 g/mol. The van der Waals surface area contributed by atoms with Crippen LogP contribution in [-0.4, -0.2) is 80.9 Å². The fourth-order valence-corrected chi connectivity index (χ4v) is 5.11. The third kappa shape index (κ3) is 14.9. The quantitative estimate of drug-likeness (QED) is 0.0938. The van der Waals surface area contributed by atoms with Crippen LogP contribution in [0.5, 0.6) is 0 Å². The number of benzene rings is 2. The SMILES string of the molecule is CCOC(=O)CC(NC(=O)C(CCCCNC(=O)OC(C)(C)C)NC(=O)OCc1ccccc1)C(=O)Cn1nnc(Cc2c(Cl)cccc2Cl)n1. The molecule has 0 aliphatic heterocycles. The molecule has 51 heavy (non-hydrogen) atoms. The summed E-state index contributed by atoms with van der Waals surface area (Å²) in [6.45, 7) is 6.67. The van der Waals surface area contributed by atoms with E-state index >= 15 is 0 Å². The van der Waals surface area contributed by atoms with Gasteiger partial charge in [-0.15, -0.1) is 10.2 Å². The van der Waals surface area contributed by atoms with Crippen LogP contribution in [0.2, 0.25) is 10.0 Å². The first kappa shape index (κ1) is 40.7. The number of nitrogens with one attached hydrogen (secondary N) is 3. The molecule has 0 aliphatic rings. The summed E-state index contributed by atoms with van der Waals surface area (Å²) < 4.78 is 15.6. The zero-order valence-corrected chi connectivity index (χ0v) is 30.5. The lowest BCUT2D eigenvalue weighted by Gasteiger charge is -2.22. The minimum atomic E-state index is -1.36. The number of esters is 1. The van der Waals surface area contributed by atoms with E-state index in [0.717, 1.165) is 10.4 Å². The first-order chi connectivity index (χ1) is 24.2. The van der Waals surface area contributed by atoms with E-state index in [1.165, 1.54) is 0 Å². The summed E-state index contributed by atoms with van der Waals surface area (Å²) in [5, 5.41) is 20.7. The van der Waals surface area contributed by atoms with E-state index in [1.807, 2.05) is 6.07 Å². The molecule has 0 fully saturated rings. The molecule has 3 amide bonds. The number of amides is 3. The molecule has 0 spiro atoms. The second kappa shape index (κ2) is 20.2. The maximum absolute atomic E-state index is 13.6. The summed E-state index contributed by atoms with van der Waals surface area (Å²) in [6, 6.07) is 11.5. The highest BCUT2D eigenvalue weighted by molar-refractivity contribution is 6.36. The molecular formula is C34H43Cl2N7O8. The van der Waals surface area contributed by atoms with Gasteiger partial charge in [0.1, 0.15) is 30.8 Å². The lowest BCUT2D eigenvalue weighted by molar-refractivity contribution is -0.145. The average molecular weight is 749 g/mol. The maximum Gasteiger partial charge on any atom is 0.408 e. The van der Waals surface area contributed by atoms with Crippen LogP contribution in [-0.2, 0) is 48.2 Å². The van der Waals surface area contributed by atoms with Crippen LogP contribution in [0.3, 0.4) is 0 Å². The standard InChI is InChI=1S/C34H43Cl2N7O8/c1-5-49-30(45)19-27(28(44)20-43-41-29(40-42-43)18-23-24(35)14-11-15-25(23)36)38-31(46)26(16-9-10-17-37-32(47)51-34(2,3)4)39-33(48)50-21-22-12-7-6-8-13-22/h6-8,11-15,26-27H,5,9-10,16-21H2,1-4H3,(H,37,47)(H,38,46)(H,39,48). The number of carbonyl (C=O) groups excluding carboxylic acids is 5. The summed E-state index contributed by atoms with van der Waals surface area (Å²) in [6.07, 6.45) is -0.851. The molecule has 17 heteroatoms. The first-order valence-electron chi connectivity index (χ1n) is 16.4. The van der Waals surface area contributed by atoms with Crippen LogP contribution >= 0.6 is 23.2 Å². The Morgan fingerprint density at radius 2 is 1.59 bits per heavy atom. The van der Waals surface area contributed by atoms with Crippen molar-refractivity contribution in [1.82, 2.24) is 36.2 Å². The lowest BCUT2D eigenvalue weighted by Crippen LogP contribution is -2.52. The van der Waals surface area contributed by atoms with Gasteiger partial charge < -0.3 is 30.2 Å². The van der Waals surface area contributed by atoms with E-state index in [9.17, 15) is 24.0 Å². The van der Waals surface area contributed by atoms with Gasteiger partial charge in [-0.2, -0.15) is 4.80 Å². The molecule has 0 radical (unpaired) electrons. The van der Waals surface area contributed by atoms with Gasteiger partial charge in [-0.1, -0.05) is 59.6 Å². The number of Topliss-reactive ketones (excluding diaryl/α,β-unsaturated/α-hetero) is 1. The van der Waals surface area contributed by atoms with Crippen LogP contribution in [0.15, 0.2) is 48.5 Å². The predicted molar refractivity (Wildman–Crippen MR) is 187 cm³/mol. The zero-order valence-electron chi connectivity index (χ0n) is 28.9. The van der Waals surface area contributed by atoms with E-state index in [0.29, 0.717) is 28.5 Å². The number of tetrazole rings is 1. The number of aromatic nitrogens is 4. The molecule has 1 aromatic heterocycles. The van der Waals surface area contributed by atoms with Crippen molar-refractivity contribution in [2.75, 3.05) is 13.2 Å². The van der Waals surface area contributed by atoms with E-state index < -0.39 is 60.5 Å². The van der Waals surface area contributed by atoms with Crippen LogP contribution < -0.4 is 16.0 Å². The maximum atomic E-state index is 13.6. The average Bonchev–Trinajstić information content (AvgIpc) is 3.50. The van der Waals surface area contributed by atoms with Gasteiger partial charge in [-0.3, -0.25) is 14.4 Å². The molecule has 15 nitrogen and oxygen atoms in total. The van der Waals surface area contributed by atoms with Gasteiger partial charge in [0.05, 0.1) is 13.0 Å². The van der Waals surface area contributed by atoms with Gasteiger partial charge in [0, 0.05) is 23.0 Å².